The highest BCUT2D eigenvalue weighted by Crippen LogP contribution is 2.26. The summed E-state index contributed by atoms with van der Waals surface area (Å²) in [5.41, 5.74) is 4.82. The van der Waals surface area contributed by atoms with E-state index >= 15 is 0 Å². The Hall–Kier alpha value is -3.38. The summed E-state index contributed by atoms with van der Waals surface area (Å²) >= 11 is 1.55. The largest absolute Gasteiger partial charge is 0.354 e. The average Bonchev–Trinajstić information content (AvgIpc) is 2.79. The van der Waals surface area contributed by atoms with Crippen molar-refractivity contribution in [3.05, 3.63) is 113 Å². The first-order chi connectivity index (χ1) is 17.1. The van der Waals surface area contributed by atoms with Gasteiger partial charge >= 0.3 is 0 Å². The van der Waals surface area contributed by atoms with E-state index in [0.29, 0.717) is 12.2 Å². The van der Waals surface area contributed by atoms with Crippen LogP contribution >= 0.6 is 11.8 Å². The fraction of sp³-hybridized carbons (Fsp3) is 0.300. The fourth-order valence-corrected chi connectivity index (χ4v) is 4.08. The molecule has 0 aliphatic carbocycles. The molecule has 0 saturated heterocycles. The second-order valence-corrected chi connectivity index (χ2v) is 9.88. The van der Waals surface area contributed by atoms with Gasteiger partial charge in [0.15, 0.2) is 5.82 Å². The van der Waals surface area contributed by atoms with Gasteiger partial charge in [0.05, 0.1) is 10.7 Å². The van der Waals surface area contributed by atoms with Crippen LogP contribution in [0.5, 0.6) is 0 Å². The van der Waals surface area contributed by atoms with Crippen molar-refractivity contribution in [2.75, 3.05) is 5.32 Å². The fourth-order valence-electron chi connectivity index (χ4n) is 3.29. The van der Waals surface area contributed by atoms with E-state index in [1.54, 1.807) is 23.9 Å². The van der Waals surface area contributed by atoms with Crippen LogP contribution in [0.15, 0.2) is 108 Å². The molecule has 1 amide bonds. The summed E-state index contributed by atoms with van der Waals surface area (Å²) < 4.78 is 0. The van der Waals surface area contributed by atoms with Crippen molar-refractivity contribution in [2.45, 2.75) is 59.3 Å². The molecule has 192 valence electrons. The molecule has 0 bridgehead atoms. The monoisotopic (exact) mass is 504 g/mol. The van der Waals surface area contributed by atoms with Gasteiger partial charge in [0.25, 0.3) is 0 Å². The number of hydrogen-bond acceptors (Lipinski definition) is 5. The Morgan fingerprint density at radius 3 is 2.44 bits per heavy atom. The maximum atomic E-state index is 12.1. The summed E-state index contributed by atoms with van der Waals surface area (Å²) in [6.45, 7) is 25.7. The summed E-state index contributed by atoms with van der Waals surface area (Å²) in [4.78, 5) is 13.2. The van der Waals surface area contributed by atoms with Gasteiger partial charge < -0.3 is 10.6 Å². The molecule has 0 aromatic carbocycles. The number of hydrogen-bond donors (Lipinski definition) is 2. The number of nitrogens with zero attached hydrogens (tertiary/aromatic N) is 2. The van der Waals surface area contributed by atoms with Crippen LogP contribution in [0.3, 0.4) is 0 Å². The van der Waals surface area contributed by atoms with Crippen molar-refractivity contribution < 1.29 is 4.79 Å². The first kappa shape index (κ1) is 30.7. The molecule has 0 aliphatic heterocycles. The molecule has 36 heavy (non-hydrogen) atoms. The first-order valence-electron chi connectivity index (χ1n) is 12.0. The van der Waals surface area contributed by atoms with Gasteiger partial charge in [-0.25, -0.2) is 0 Å². The van der Waals surface area contributed by atoms with Gasteiger partial charge in [-0.1, -0.05) is 86.2 Å². The van der Waals surface area contributed by atoms with Crippen LogP contribution < -0.4 is 10.6 Å². The molecule has 0 unspecified atom stereocenters. The Balaban J connectivity index is 2.33. The number of unbranched alkanes of at least 4 members (excludes halogenated alkanes) is 1. The van der Waals surface area contributed by atoms with Crippen molar-refractivity contribution in [3.8, 4) is 0 Å². The average molecular weight is 505 g/mol. The molecule has 1 heterocycles. The number of anilines is 1. The lowest BCUT2D eigenvalue weighted by Gasteiger charge is -2.13. The molecule has 1 aromatic heterocycles. The van der Waals surface area contributed by atoms with Crippen LogP contribution in [0.1, 0.15) is 58.6 Å². The van der Waals surface area contributed by atoms with E-state index in [2.05, 4.69) is 59.8 Å². The lowest BCUT2D eigenvalue weighted by molar-refractivity contribution is -0.115. The molecular weight excluding hydrogens is 464 g/mol. The summed E-state index contributed by atoms with van der Waals surface area (Å²) in [6.07, 6.45) is 14.3. The number of nitrogens with one attached hydrogen (secondary N) is 2. The van der Waals surface area contributed by atoms with Crippen molar-refractivity contribution in [1.29, 1.82) is 0 Å². The number of carbonyl (C=O) groups excluding carboxylic acids is 1. The standard InChI is InChI=1S/C30H40N4OS/c1-9-11-15-27(10-2)21-24(6)31-26(8)36-25(7)14-12-13-16-28-17-18-29(34-33-28)32-30(35)20-23(5)19-22(3)4/h9-11,15,17-19,31H,1,3,6-8,12-14,16,20-21H2,2,4-5H3,(H,32,34,35)/b15-11-,23-19+,27-10+. The van der Waals surface area contributed by atoms with Crippen LogP contribution in [-0.4, -0.2) is 16.1 Å². The van der Waals surface area contributed by atoms with Crippen LogP contribution in [0.2, 0.25) is 0 Å². The minimum Gasteiger partial charge on any atom is -0.354 e. The third kappa shape index (κ3) is 14.1. The molecule has 0 radical (unpaired) electrons. The van der Waals surface area contributed by atoms with Gasteiger partial charge in [-0.2, -0.15) is 5.10 Å². The molecule has 0 aliphatic rings. The minimum atomic E-state index is -0.116. The Bertz CT molecular complexity index is 1050. The molecule has 0 saturated carbocycles. The van der Waals surface area contributed by atoms with E-state index in [-0.39, 0.29) is 5.91 Å². The number of allylic oxidation sites excluding steroid dienone is 8. The SMILES string of the molecule is C=C/C=C\C(=C/C)CC(=C)NC(=C)SC(=C)CCCCc1ccc(NC(=O)C/C(C)=C/C(=C)C)nn1. The zero-order valence-electron chi connectivity index (χ0n) is 22.0. The first-order valence-corrected chi connectivity index (χ1v) is 12.8. The van der Waals surface area contributed by atoms with E-state index in [0.717, 1.165) is 70.1 Å². The predicted molar refractivity (Wildman–Crippen MR) is 157 cm³/mol. The van der Waals surface area contributed by atoms with Crippen molar-refractivity contribution in [3.63, 3.8) is 0 Å². The Labute approximate surface area is 221 Å². The molecule has 1 rings (SSSR count). The zero-order chi connectivity index (χ0) is 26.9. The van der Waals surface area contributed by atoms with Gasteiger partial charge in [-0.15, -0.1) is 5.10 Å². The van der Waals surface area contributed by atoms with Gasteiger partial charge in [-0.05, 0) is 69.1 Å². The van der Waals surface area contributed by atoms with Gasteiger partial charge in [0.2, 0.25) is 5.91 Å². The van der Waals surface area contributed by atoms with Crippen LogP contribution in [0, 0.1) is 0 Å². The number of rotatable bonds is 17. The van der Waals surface area contributed by atoms with Crippen LogP contribution in [0.4, 0.5) is 5.82 Å². The van der Waals surface area contributed by atoms with E-state index in [9.17, 15) is 4.79 Å². The molecule has 2 N–H and O–H groups in total. The van der Waals surface area contributed by atoms with Crippen molar-refractivity contribution in [1.82, 2.24) is 15.5 Å². The molecule has 0 atom stereocenters. The summed E-state index contributed by atoms with van der Waals surface area (Å²) in [5, 5.41) is 15.2. The third-order valence-electron chi connectivity index (χ3n) is 4.88. The van der Waals surface area contributed by atoms with Crippen LogP contribution in [-0.2, 0) is 11.2 Å². The Morgan fingerprint density at radius 1 is 1.08 bits per heavy atom. The summed E-state index contributed by atoms with van der Waals surface area (Å²) in [6, 6.07) is 3.70. The molecule has 0 fully saturated rings. The topological polar surface area (TPSA) is 66.9 Å². The third-order valence-corrected chi connectivity index (χ3v) is 5.72. The van der Waals surface area contributed by atoms with Gasteiger partial charge in [-0.3, -0.25) is 4.79 Å². The molecule has 6 heteroatoms. The number of amides is 1. The highest BCUT2D eigenvalue weighted by molar-refractivity contribution is 8.06. The quantitative estimate of drug-likeness (QED) is 0.166. The maximum absolute atomic E-state index is 12.1. The smallest absolute Gasteiger partial charge is 0.229 e. The molecule has 0 spiro atoms. The summed E-state index contributed by atoms with van der Waals surface area (Å²) in [7, 11) is 0. The van der Waals surface area contributed by atoms with E-state index in [1.165, 1.54) is 0 Å². The zero-order valence-corrected chi connectivity index (χ0v) is 22.8. The lowest BCUT2D eigenvalue weighted by Crippen LogP contribution is -2.13. The number of aromatic nitrogens is 2. The maximum Gasteiger partial charge on any atom is 0.229 e. The number of carbonyl (C=O) groups is 1. The van der Waals surface area contributed by atoms with Crippen LogP contribution in [0.25, 0.3) is 0 Å². The molecular formula is C30H40N4OS. The molecule has 1 aromatic rings. The lowest BCUT2D eigenvalue weighted by atomic mass is 10.1. The van der Waals surface area contributed by atoms with Crippen molar-refractivity contribution in [2.24, 2.45) is 0 Å². The van der Waals surface area contributed by atoms with E-state index in [1.807, 2.05) is 45.1 Å². The normalized spacial score (nSPS) is 11.8. The highest BCUT2D eigenvalue weighted by Gasteiger charge is 2.07. The Morgan fingerprint density at radius 2 is 1.83 bits per heavy atom. The number of thioether (sulfide) groups is 1. The van der Waals surface area contributed by atoms with E-state index in [4.69, 9.17) is 0 Å². The predicted octanol–water partition coefficient (Wildman–Crippen LogP) is 7.94. The second-order valence-electron chi connectivity index (χ2n) is 8.61. The molecule has 5 nitrogen and oxygen atoms in total. The van der Waals surface area contributed by atoms with Crippen molar-refractivity contribution >= 4 is 23.5 Å². The second kappa shape index (κ2) is 17.1. The van der Waals surface area contributed by atoms with Gasteiger partial charge in [0, 0.05) is 18.5 Å². The van der Waals surface area contributed by atoms with Gasteiger partial charge in [0.1, 0.15) is 0 Å². The highest BCUT2D eigenvalue weighted by atomic mass is 32.2. The Kier molecular flexibility index (Phi) is 14.6. The minimum absolute atomic E-state index is 0.116. The number of aryl methyl sites for hydroxylation is 1. The van der Waals surface area contributed by atoms with E-state index < -0.39 is 0 Å². The summed E-state index contributed by atoms with van der Waals surface area (Å²) in [5.74, 6) is 0.344.